The molecule has 0 aromatic rings. The molecule has 1 heterocycles. The molecule has 1 saturated heterocycles. The van der Waals surface area contributed by atoms with Crippen LogP contribution in [0.1, 0.15) is 51.9 Å². The van der Waals surface area contributed by atoms with E-state index in [1.54, 1.807) is 0 Å². The predicted octanol–water partition coefficient (Wildman–Crippen LogP) is 1.19. The second kappa shape index (κ2) is 6.02. The summed E-state index contributed by atoms with van der Waals surface area (Å²) in [7, 11) is 0. The summed E-state index contributed by atoms with van der Waals surface area (Å²) < 4.78 is 0. The molecule has 3 N–H and O–H groups in total. The van der Waals surface area contributed by atoms with Gasteiger partial charge in [0.1, 0.15) is 0 Å². The topological polar surface area (TPSA) is 61.4 Å². The largest absolute Gasteiger partial charge is 0.396 e. The second-order valence-corrected chi connectivity index (χ2v) is 6.02. The molecular weight excluding hydrogens is 228 g/mol. The van der Waals surface area contributed by atoms with Gasteiger partial charge in [-0.1, -0.05) is 12.8 Å². The minimum Gasteiger partial charge on any atom is -0.396 e. The fourth-order valence-electron chi connectivity index (χ4n) is 3.19. The van der Waals surface area contributed by atoms with Gasteiger partial charge in [0.2, 0.25) is 5.91 Å². The highest BCUT2D eigenvalue weighted by Gasteiger charge is 2.36. The monoisotopic (exact) mass is 254 g/mol. The summed E-state index contributed by atoms with van der Waals surface area (Å²) in [6, 6.07) is 0.164. The maximum Gasteiger partial charge on any atom is 0.240 e. The van der Waals surface area contributed by atoms with Crippen molar-refractivity contribution in [2.75, 3.05) is 13.2 Å². The van der Waals surface area contributed by atoms with Crippen molar-refractivity contribution in [2.24, 2.45) is 5.92 Å². The van der Waals surface area contributed by atoms with E-state index >= 15 is 0 Å². The first-order valence-electron chi connectivity index (χ1n) is 7.32. The Kier molecular flexibility index (Phi) is 4.62. The molecule has 0 spiro atoms. The van der Waals surface area contributed by atoms with Crippen molar-refractivity contribution in [1.82, 2.24) is 10.6 Å². The molecule has 2 fully saturated rings. The van der Waals surface area contributed by atoms with Crippen molar-refractivity contribution in [1.29, 1.82) is 0 Å². The average molecular weight is 254 g/mol. The first kappa shape index (κ1) is 13.8. The first-order valence-corrected chi connectivity index (χ1v) is 7.32. The molecule has 18 heavy (non-hydrogen) atoms. The van der Waals surface area contributed by atoms with Crippen LogP contribution in [0.2, 0.25) is 0 Å². The molecule has 1 amide bonds. The van der Waals surface area contributed by atoms with Gasteiger partial charge in [-0.3, -0.25) is 4.79 Å². The maximum atomic E-state index is 12.4. The van der Waals surface area contributed by atoms with Gasteiger partial charge in [-0.25, -0.2) is 0 Å². The quantitative estimate of drug-likeness (QED) is 0.709. The molecule has 3 atom stereocenters. The van der Waals surface area contributed by atoms with Crippen molar-refractivity contribution in [2.45, 2.75) is 63.5 Å². The molecule has 1 aliphatic heterocycles. The number of piperidine rings is 1. The number of rotatable bonds is 3. The Morgan fingerprint density at radius 2 is 2.11 bits per heavy atom. The fraction of sp³-hybridized carbons (Fsp3) is 0.929. The van der Waals surface area contributed by atoms with Crippen molar-refractivity contribution in [3.63, 3.8) is 0 Å². The highest BCUT2D eigenvalue weighted by Crippen LogP contribution is 2.25. The zero-order chi connectivity index (χ0) is 13.0. The molecule has 3 unspecified atom stereocenters. The number of carbonyl (C=O) groups excluding carboxylic acids is 1. The number of nitrogens with one attached hydrogen (secondary N) is 2. The van der Waals surface area contributed by atoms with E-state index in [2.05, 4.69) is 10.6 Å². The average Bonchev–Trinajstić information content (AvgIpc) is 2.40. The van der Waals surface area contributed by atoms with Crippen molar-refractivity contribution < 1.29 is 9.90 Å². The van der Waals surface area contributed by atoms with Gasteiger partial charge in [0, 0.05) is 18.6 Å². The maximum absolute atomic E-state index is 12.4. The Hall–Kier alpha value is -0.610. The van der Waals surface area contributed by atoms with E-state index in [9.17, 15) is 9.90 Å². The summed E-state index contributed by atoms with van der Waals surface area (Å²) in [6.45, 7) is 3.12. The van der Waals surface area contributed by atoms with E-state index in [0.717, 1.165) is 45.1 Å². The molecule has 4 heteroatoms. The molecule has 0 aromatic heterocycles. The zero-order valence-electron chi connectivity index (χ0n) is 11.4. The number of amides is 1. The van der Waals surface area contributed by atoms with Crippen molar-refractivity contribution >= 4 is 5.91 Å². The van der Waals surface area contributed by atoms with Crippen LogP contribution in [0.3, 0.4) is 0 Å². The molecule has 2 rings (SSSR count). The summed E-state index contributed by atoms with van der Waals surface area (Å²) in [6.07, 6.45) is 7.56. The van der Waals surface area contributed by atoms with E-state index in [0.29, 0.717) is 0 Å². The lowest BCUT2D eigenvalue weighted by Crippen LogP contribution is -2.59. The van der Waals surface area contributed by atoms with E-state index < -0.39 is 5.54 Å². The van der Waals surface area contributed by atoms with E-state index in [1.807, 2.05) is 6.92 Å². The highest BCUT2D eigenvalue weighted by atomic mass is 16.3. The number of hydrogen-bond acceptors (Lipinski definition) is 3. The molecule has 0 aromatic carbocycles. The third-order valence-electron chi connectivity index (χ3n) is 4.58. The molecule has 4 nitrogen and oxygen atoms in total. The standard InChI is InChI=1S/C14H26N2O2/c1-14(8-4-5-9-15-14)13(18)16-12-7-3-2-6-11(12)10-17/h11-12,15,17H,2-10H2,1H3,(H,16,18). The third-order valence-corrected chi connectivity index (χ3v) is 4.58. The lowest BCUT2D eigenvalue weighted by atomic mass is 9.83. The van der Waals surface area contributed by atoms with Crippen LogP contribution in [-0.2, 0) is 4.79 Å². The first-order chi connectivity index (χ1) is 8.65. The van der Waals surface area contributed by atoms with E-state index in [-0.39, 0.29) is 24.5 Å². The Bertz CT molecular complexity index is 288. The number of hydrogen-bond donors (Lipinski definition) is 3. The minimum absolute atomic E-state index is 0.118. The van der Waals surface area contributed by atoms with Gasteiger partial charge in [0.05, 0.1) is 5.54 Å². The van der Waals surface area contributed by atoms with Crippen LogP contribution in [0.25, 0.3) is 0 Å². The summed E-state index contributed by atoms with van der Waals surface area (Å²) in [5.41, 5.74) is -0.407. The zero-order valence-corrected chi connectivity index (χ0v) is 11.4. The fourth-order valence-corrected chi connectivity index (χ4v) is 3.19. The third kappa shape index (κ3) is 3.04. The molecule has 0 bridgehead atoms. The van der Waals surface area contributed by atoms with Crippen LogP contribution in [-0.4, -0.2) is 35.7 Å². The normalized spacial score (nSPS) is 37.2. The van der Waals surface area contributed by atoms with E-state index in [1.165, 1.54) is 6.42 Å². The Morgan fingerprint density at radius 1 is 1.33 bits per heavy atom. The lowest BCUT2D eigenvalue weighted by Gasteiger charge is -2.37. The van der Waals surface area contributed by atoms with E-state index in [4.69, 9.17) is 0 Å². The summed E-state index contributed by atoms with van der Waals surface area (Å²) in [5, 5.41) is 15.9. The molecular formula is C14H26N2O2. The van der Waals surface area contributed by atoms with Gasteiger partial charge in [0.15, 0.2) is 0 Å². The minimum atomic E-state index is -0.407. The van der Waals surface area contributed by atoms with Crippen LogP contribution in [0.15, 0.2) is 0 Å². The van der Waals surface area contributed by atoms with Crippen LogP contribution in [0, 0.1) is 5.92 Å². The Balaban J connectivity index is 1.92. The van der Waals surface area contributed by atoms with Gasteiger partial charge in [-0.05, 0) is 45.6 Å². The Labute approximate surface area is 110 Å². The highest BCUT2D eigenvalue weighted by molar-refractivity contribution is 5.86. The van der Waals surface area contributed by atoms with Crippen LogP contribution in [0.4, 0.5) is 0 Å². The number of aliphatic hydroxyl groups is 1. The number of aliphatic hydroxyl groups excluding tert-OH is 1. The summed E-state index contributed by atoms with van der Waals surface area (Å²) in [5.74, 6) is 0.363. The van der Waals surface area contributed by atoms with Gasteiger partial charge in [-0.2, -0.15) is 0 Å². The molecule has 2 aliphatic rings. The number of carbonyl (C=O) groups is 1. The summed E-state index contributed by atoms with van der Waals surface area (Å²) >= 11 is 0. The molecule has 0 radical (unpaired) electrons. The van der Waals surface area contributed by atoms with Crippen LogP contribution in [0.5, 0.6) is 0 Å². The molecule has 1 aliphatic carbocycles. The van der Waals surface area contributed by atoms with Gasteiger partial charge < -0.3 is 15.7 Å². The van der Waals surface area contributed by atoms with Crippen LogP contribution >= 0.6 is 0 Å². The van der Waals surface area contributed by atoms with Gasteiger partial charge in [-0.15, -0.1) is 0 Å². The van der Waals surface area contributed by atoms with Gasteiger partial charge >= 0.3 is 0 Å². The summed E-state index contributed by atoms with van der Waals surface area (Å²) in [4.78, 5) is 12.4. The Morgan fingerprint density at radius 3 is 2.78 bits per heavy atom. The smallest absolute Gasteiger partial charge is 0.240 e. The molecule has 104 valence electrons. The second-order valence-electron chi connectivity index (χ2n) is 6.02. The van der Waals surface area contributed by atoms with Crippen molar-refractivity contribution in [3.8, 4) is 0 Å². The van der Waals surface area contributed by atoms with Crippen LogP contribution < -0.4 is 10.6 Å². The molecule has 1 saturated carbocycles. The SMILES string of the molecule is CC1(C(=O)NC2CCCCC2CO)CCCCN1. The predicted molar refractivity (Wildman–Crippen MR) is 71.2 cm³/mol. The van der Waals surface area contributed by atoms with Gasteiger partial charge in [0.25, 0.3) is 0 Å². The van der Waals surface area contributed by atoms with Crippen molar-refractivity contribution in [3.05, 3.63) is 0 Å². The lowest BCUT2D eigenvalue weighted by molar-refractivity contribution is -0.129.